The van der Waals surface area contributed by atoms with Crippen LogP contribution in [0.2, 0.25) is 5.02 Å². The van der Waals surface area contributed by atoms with Crippen molar-refractivity contribution in [3.8, 4) is 17.6 Å². The van der Waals surface area contributed by atoms with Crippen LogP contribution in [-0.2, 0) is 4.79 Å². The highest BCUT2D eigenvalue weighted by Gasteiger charge is 2.31. The molecule has 6 nitrogen and oxygen atoms in total. The summed E-state index contributed by atoms with van der Waals surface area (Å²) in [5, 5.41) is 21.7. The minimum atomic E-state index is -0.834. The fraction of sp³-hybridized carbons (Fsp3) is 0.379. The molecule has 1 unspecified atom stereocenters. The topological polar surface area (TPSA) is 82.9 Å². The molecule has 1 aromatic heterocycles. The summed E-state index contributed by atoms with van der Waals surface area (Å²) in [6, 6.07) is 11.8. The number of hydrogen-bond donors (Lipinski definition) is 2. The number of carboxylic acid groups (broad SMARTS) is 1. The van der Waals surface area contributed by atoms with E-state index in [-0.39, 0.29) is 23.8 Å². The van der Waals surface area contributed by atoms with Crippen LogP contribution in [0.4, 0.5) is 4.39 Å². The molecule has 1 aliphatic heterocycles. The molecule has 2 N–H and O–H groups in total. The second-order valence-electron chi connectivity index (χ2n) is 9.44. The highest BCUT2D eigenvalue weighted by atomic mass is 35.5. The highest BCUT2D eigenvalue weighted by Crippen LogP contribution is 2.34. The first-order chi connectivity index (χ1) is 17.8. The van der Waals surface area contributed by atoms with E-state index in [0.29, 0.717) is 36.7 Å². The van der Waals surface area contributed by atoms with Crippen molar-refractivity contribution < 1.29 is 24.1 Å². The van der Waals surface area contributed by atoms with Crippen LogP contribution in [0, 0.1) is 29.5 Å². The zero-order chi connectivity index (χ0) is 26.4. The van der Waals surface area contributed by atoms with Crippen LogP contribution in [0.3, 0.4) is 0 Å². The third-order valence-electron chi connectivity index (χ3n) is 7.02. The van der Waals surface area contributed by atoms with Crippen LogP contribution < -0.4 is 4.74 Å². The van der Waals surface area contributed by atoms with Gasteiger partial charge in [0, 0.05) is 29.6 Å². The van der Waals surface area contributed by atoms with Crippen LogP contribution in [0.1, 0.15) is 42.9 Å². The van der Waals surface area contributed by atoms with Crippen LogP contribution in [-0.4, -0.2) is 52.8 Å². The van der Waals surface area contributed by atoms with Gasteiger partial charge in [-0.3, -0.25) is 14.7 Å². The Labute approximate surface area is 221 Å². The van der Waals surface area contributed by atoms with Gasteiger partial charge in [-0.05, 0) is 85.7 Å². The fourth-order valence-electron chi connectivity index (χ4n) is 5.06. The van der Waals surface area contributed by atoms with Gasteiger partial charge >= 0.3 is 5.97 Å². The largest absolute Gasteiger partial charge is 0.497 e. The number of aliphatic carboxylic acids is 1. The number of likely N-dealkylation sites (tertiary alicyclic amines) is 1. The number of aromatic nitrogens is 1. The first-order valence-corrected chi connectivity index (χ1v) is 12.7. The Bertz CT molecular complexity index is 1320. The Balaban J connectivity index is 1.39. The van der Waals surface area contributed by atoms with Gasteiger partial charge in [-0.25, -0.2) is 4.39 Å². The number of hydrogen-bond acceptors (Lipinski definition) is 5. The average Bonchev–Trinajstić information content (AvgIpc) is 2.88. The van der Waals surface area contributed by atoms with Gasteiger partial charge < -0.3 is 14.9 Å². The summed E-state index contributed by atoms with van der Waals surface area (Å²) in [6.07, 6.45) is 3.10. The van der Waals surface area contributed by atoms with Crippen molar-refractivity contribution in [2.45, 2.75) is 31.8 Å². The minimum Gasteiger partial charge on any atom is -0.497 e. The number of rotatable bonds is 8. The summed E-state index contributed by atoms with van der Waals surface area (Å²) >= 11 is 5.79. The van der Waals surface area contributed by atoms with E-state index in [0.717, 1.165) is 29.4 Å². The van der Waals surface area contributed by atoms with E-state index >= 15 is 0 Å². The minimum absolute atomic E-state index is 0.0539. The van der Waals surface area contributed by atoms with Crippen molar-refractivity contribution >= 4 is 28.5 Å². The first-order valence-electron chi connectivity index (χ1n) is 12.3. The molecule has 2 aromatic carbocycles. The van der Waals surface area contributed by atoms with Crippen molar-refractivity contribution in [1.82, 2.24) is 9.88 Å². The zero-order valence-electron chi connectivity index (χ0n) is 20.7. The number of aliphatic hydroxyl groups excluding tert-OH is 1. The Morgan fingerprint density at radius 2 is 2.11 bits per heavy atom. The second kappa shape index (κ2) is 12.4. The lowest BCUT2D eigenvalue weighted by atomic mass is 9.79. The molecule has 3 atom stereocenters. The number of benzene rings is 2. The third-order valence-corrected chi connectivity index (χ3v) is 7.26. The van der Waals surface area contributed by atoms with Crippen LogP contribution in [0.15, 0.2) is 48.7 Å². The molecule has 4 rings (SSSR count). The molecule has 37 heavy (non-hydrogen) atoms. The van der Waals surface area contributed by atoms with Crippen molar-refractivity contribution in [1.29, 1.82) is 0 Å². The number of carboxylic acids is 1. The molecule has 3 aromatic rings. The molecule has 0 radical (unpaired) electrons. The molecule has 1 aliphatic rings. The van der Waals surface area contributed by atoms with E-state index in [1.807, 2.05) is 24.3 Å². The predicted octanol–water partition coefficient (Wildman–Crippen LogP) is 5.31. The van der Waals surface area contributed by atoms with E-state index in [2.05, 4.69) is 21.7 Å². The van der Waals surface area contributed by atoms with Gasteiger partial charge in [-0.15, -0.1) is 0 Å². The van der Waals surface area contributed by atoms with E-state index in [4.69, 9.17) is 16.3 Å². The summed E-state index contributed by atoms with van der Waals surface area (Å²) in [4.78, 5) is 18.1. The lowest BCUT2D eigenvalue weighted by Gasteiger charge is -2.37. The fourth-order valence-corrected chi connectivity index (χ4v) is 5.22. The molecule has 0 bridgehead atoms. The van der Waals surface area contributed by atoms with Gasteiger partial charge in [0.2, 0.25) is 0 Å². The summed E-state index contributed by atoms with van der Waals surface area (Å²) in [7, 11) is 1.60. The number of piperidine rings is 1. The Kier molecular flexibility index (Phi) is 8.99. The molecule has 0 amide bonds. The van der Waals surface area contributed by atoms with E-state index in [1.54, 1.807) is 25.4 Å². The molecule has 8 heteroatoms. The lowest BCUT2D eigenvalue weighted by Crippen LogP contribution is -2.41. The van der Waals surface area contributed by atoms with E-state index < -0.39 is 17.9 Å². The lowest BCUT2D eigenvalue weighted by molar-refractivity contribution is -0.139. The molecule has 194 valence electrons. The maximum atomic E-state index is 14.0. The van der Waals surface area contributed by atoms with Crippen molar-refractivity contribution in [2.75, 3.05) is 26.7 Å². The van der Waals surface area contributed by atoms with E-state index in [9.17, 15) is 19.4 Å². The number of nitrogens with zero attached hydrogens (tertiary/aromatic N) is 2. The summed E-state index contributed by atoms with van der Waals surface area (Å²) in [6.45, 7) is 1.79. The average molecular weight is 525 g/mol. The number of halogens is 2. The number of carbonyl (C=O) groups is 1. The Hall–Kier alpha value is -3.18. The van der Waals surface area contributed by atoms with Crippen molar-refractivity contribution in [3.05, 3.63) is 70.6 Å². The molecular formula is C29H30ClFN2O4. The zero-order valence-corrected chi connectivity index (χ0v) is 21.4. The van der Waals surface area contributed by atoms with E-state index in [1.165, 1.54) is 6.07 Å². The van der Waals surface area contributed by atoms with Crippen LogP contribution in [0.5, 0.6) is 5.75 Å². The van der Waals surface area contributed by atoms with Gasteiger partial charge in [-0.2, -0.15) is 0 Å². The first kappa shape index (κ1) is 26.9. The molecule has 2 heterocycles. The monoisotopic (exact) mass is 524 g/mol. The second-order valence-corrected chi connectivity index (χ2v) is 9.88. The number of aliphatic hydroxyl groups is 1. The Morgan fingerprint density at radius 3 is 2.86 bits per heavy atom. The summed E-state index contributed by atoms with van der Waals surface area (Å²) in [5.74, 6) is 5.38. The van der Waals surface area contributed by atoms with Crippen LogP contribution in [0.25, 0.3) is 10.9 Å². The Morgan fingerprint density at radius 1 is 1.27 bits per heavy atom. The van der Waals surface area contributed by atoms with Gasteiger partial charge in [-0.1, -0.05) is 23.4 Å². The third kappa shape index (κ3) is 6.98. The maximum absolute atomic E-state index is 14.0. The SMILES string of the molecule is COc1ccc2nccc(C(O)CC[C@@H]3CCN(CC#Cc4ccc(Cl)cc4F)C[C@@H]3CC(=O)O)c2c1. The number of ether oxygens (including phenoxy) is 1. The van der Waals surface area contributed by atoms with Gasteiger partial charge in [0.15, 0.2) is 0 Å². The standard InChI is InChI=1S/C29H30ClFN2O4/c1-37-23-7-8-27-25(17-23)24(10-12-32-27)28(34)9-5-19-11-14-33(18-21(19)15-29(35)36)13-2-3-20-4-6-22(30)16-26(20)31/h4,6-8,10,12,16-17,19,21,28,34H,5,9,11,13-15,18H2,1H3,(H,35,36)/t19-,21+,28?/m1/s1. The summed E-state index contributed by atoms with van der Waals surface area (Å²) in [5.41, 5.74) is 1.87. The highest BCUT2D eigenvalue weighted by molar-refractivity contribution is 6.30. The molecule has 1 fully saturated rings. The quantitative estimate of drug-likeness (QED) is 0.388. The summed E-state index contributed by atoms with van der Waals surface area (Å²) < 4.78 is 19.3. The van der Waals surface area contributed by atoms with Crippen LogP contribution >= 0.6 is 11.6 Å². The predicted molar refractivity (Wildman–Crippen MR) is 141 cm³/mol. The van der Waals surface area contributed by atoms with Crippen molar-refractivity contribution in [3.63, 3.8) is 0 Å². The van der Waals surface area contributed by atoms with Crippen molar-refractivity contribution in [2.24, 2.45) is 11.8 Å². The van der Waals surface area contributed by atoms with Gasteiger partial charge in [0.1, 0.15) is 11.6 Å². The molecule has 0 saturated carbocycles. The molecule has 0 spiro atoms. The normalized spacial score (nSPS) is 18.7. The molecule has 0 aliphatic carbocycles. The van der Waals surface area contributed by atoms with Gasteiger partial charge in [0.05, 0.1) is 30.8 Å². The number of fused-ring (bicyclic) bond motifs is 1. The number of methoxy groups -OCH3 is 1. The van der Waals surface area contributed by atoms with Gasteiger partial charge in [0.25, 0.3) is 0 Å². The molecular weight excluding hydrogens is 495 g/mol. The maximum Gasteiger partial charge on any atom is 0.303 e. The smallest absolute Gasteiger partial charge is 0.303 e. The number of pyridine rings is 1. The molecule has 1 saturated heterocycles.